The van der Waals surface area contributed by atoms with Gasteiger partial charge in [0.05, 0.1) is 11.8 Å². The fourth-order valence-electron chi connectivity index (χ4n) is 3.01. The zero-order chi connectivity index (χ0) is 16.9. The van der Waals surface area contributed by atoms with Crippen molar-refractivity contribution < 1.29 is 9.53 Å². The lowest BCUT2D eigenvalue weighted by Gasteiger charge is -2.26. The number of nitrogens with zero attached hydrogens (tertiary/aromatic N) is 3. The molecule has 6 nitrogen and oxygen atoms in total. The average Bonchev–Trinajstić information content (AvgIpc) is 3.17. The Morgan fingerprint density at radius 1 is 1.42 bits per heavy atom. The molecule has 1 unspecified atom stereocenters. The highest BCUT2D eigenvalue weighted by Gasteiger charge is 2.23. The van der Waals surface area contributed by atoms with Gasteiger partial charge in [-0.25, -0.2) is 4.68 Å². The van der Waals surface area contributed by atoms with Gasteiger partial charge in [-0.3, -0.25) is 4.79 Å². The number of nitrogen functional groups attached to an aromatic ring is 1. The average molecular weight is 328 g/mol. The lowest BCUT2D eigenvalue weighted by atomic mass is 10.2. The second kappa shape index (κ2) is 7.49. The zero-order valence-corrected chi connectivity index (χ0v) is 14.0. The molecule has 0 aliphatic carbocycles. The number of ether oxygens (including phenoxy) is 1. The normalized spacial score (nSPS) is 17.1. The SMILES string of the molecule is Cc1cc(N)n(CC(=O)N(Cc2ccccc2)CC2CCCO2)n1. The van der Waals surface area contributed by atoms with Crippen molar-refractivity contribution in [3.05, 3.63) is 47.7 Å². The van der Waals surface area contributed by atoms with Crippen LogP contribution in [0.5, 0.6) is 0 Å². The highest BCUT2D eigenvalue weighted by atomic mass is 16.5. The van der Waals surface area contributed by atoms with Gasteiger partial charge in [-0.1, -0.05) is 30.3 Å². The summed E-state index contributed by atoms with van der Waals surface area (Å²) in [6.45, 7) is 3.97. The molecular formula is C18H24N4O2. The lowest BCUT2D eigenvalue weighted by molar-refractivity contribution is -0.134. The van der Waals surface area contributed by atoms with Crippen molar-refractivity contribution in [2.75, 3.05) is 18.9 Å². The topological polar surface area (TPSA) is 73.4 Å². The van der Waals surface area contributed by atoms with Crippen molar-refractivity contribution in [2.24, 2.45) is 0 Å². The van der Waals surface area contributed by atoms with Gasteiger partial charge in [-0.15, -0.1) is 0 Å². The summed E-state index contributed by atoms with van der Waals surface area (Å²) in [6, 6.07) is 11.8. The van der Waals surface area contributed by atoms with Crippen molar-refractivity contribution in [1.82, 2.24) is 14.7 Å². The lowest BCUT2D eigenvalue weighted by Crippen LogP contribution is -2.39. The minimum absolute atomic E-state index is 0.00385. The van der Waals surface area contributed by atoms with Crippen LogP contribution in [-0.4, -0.2) is 39.8 Å². The van der Waals surface area contributed by atoms with Crippen LogP contribution in [0.2, 0.25) is 0 Å². The van der Waals surface area contributed by atoms with Crippen molar-refractivity contribution >= 4 is 11.7 Å². The maximum Gasteiger partial charge on any atom is 0.244 e. The number of aryl methyl sites for hydroxylation is 1. The monoisotopic (exact) mass is 328 g/mol. The van der Waals surface area contributed by atoms with Crippen molar-refractivity contribution in [3.8, 4) is 0 Å². The molecule has 6 heteroatoms. The molecule has 1 aliphatic heterocycles. The van der Waals surface area contributed by atoms with Crippen LogP contribution in [0, 0.1) is 6.92 Å². The van der Waals surface area contributed by atoms with Crippen LogP contribution >= 0.6 is 0 Å². The number of hydrogen-bond acceptors (Lipinski definition) is 4. The minimum Gasteiger partial charge on any atom is -0.384 e. The summed E-state index contributed by atoms with van der Waals surface area (Å²) in [5.41, 5.74) is 7.83. The molecule has 1 saturated heterocycles. The van der Waals surface area contributed by atoms with Crippen molar-refractivity contribution in [3.63, 3.8) is 0 Å². The van der Waals surface area contributed by atoms with E-state index in [0.29, 0.717) is 18.9 Å². The van der Waals surface area contributed by atoms with Crippen molar-refractivity contribution in [1.29, 1.82) is 0 Å². The van der Waals surface area contributed by atoms with Crippen LogP contribution in [0.3, 0.4) is 0 Å². The number of benzene rings is 1. The third kappa shape index (κ3) is 4.14. The summed E-state index contributed by atoms with van der Waals surface area (Å²) in [4.78, 5) is 14.7. The first-order chi connectivity index (χ1) is 11.6. The number of amides is 1. The van der Waals surface area contributed by atoms with Crippen LogP contribution in [0.1, 0.15) is 24.1 Å². The van der Waals surface area contributed by atoms with E-state index in [1.807, 2.05) is 42.2 Å². The van der Waals surface area contributed by atoms with Crippen LogP contribution < -0.4 is 5.73 Å². The predicted octanol–water partition coefficient (Wildman–Crippen LogP) is 1.98. The summed E-state index contributed by atoms with van der Waals surface area (Å²) in [6.07, 6.45) is 2.18. The molecule has 2 N–H and O–H groups in total. The number of hydrogen-bond donors (Lipinski definition) is 1. The fraction of sp³-hybridized carbons (Fsp3) is 0.444. The highest BCUT2D eigenvalue weighted by Crippen LogP contribution is 2.16. The van der Waals surface area contributed by atoms with E-state index in [1.54, 1.807) is 10.7 Å². The number of rotatable bonds is 6. The minimum atomic E-state index is 0.00385. The van der Waals surface area contributed by atoms with E-state index in [9.17, 15) is 4.79 Å². The van der Waals surface area contributed by atoms with E-state index in [4.69, 9.17) is 10.5 Å². The highest BCUT2D eigenvalue weighted by molar-refractivity contribution is 5.76. The van der Waals surface area contributed by atoms with Gasteiger partial charge in [-0.2, -0.15) is 5.10 Å². The summed E-state index contributed by atoms with van der Waals surface area (Å²) >= 11 is 0. The number of aromatic nitrogens is 2. The zero-order valence-electron chi connectivity index (χ0n) is 14.0. The Balaban J connectivity index is 1.72. The third-order valence-electron chi connectivity index (χ3n) is 4.24. The molecule has 1 aromatic heterocycles. The van der Waals surface area contributed by atoms with Gasteiger partial charge in [0, 0.05) is 25.8 Å². The van der Waals surface area contributed by atoms with Gasteiger partial charge in [0.2, 0.25) is 5.91 Å². The van der Waals surface area contributed by atoms with Gasteiger partial charge in [0.1, 0.15) is 12.4 Å². The Kier molecular flexibility index (Phi) is 5.15. The first-order valence-corrected chi connectivity index (χ1v) is 8.35. The molecule has 1 aliphatic rings. The fourth-order valence-corrected chi connectivity index (χ4v) is 3.01. The molecular weight excluding hydrogens is 304 g/mol. The smallest absolute Gasteiger partial charge is 0.244 e. The largest absolute Gasteiger partial charge is 0.384 e. The van der Waals surface area contributed by atoms with E-state index in [-0.39, 0.29) is 18.6 Å². The Bertz CT molecular complexity index is 678. The van der Waals surface area contributed by atoms with E-state index < -0.39 is 0 Å². The standard InChI is InChI=1S/C18H24N4O2/c1-14-10-17(19)22(20-14)13-18(23)21(12-16-8-5-9-24-16)11-15-6-3-2-4-7-15/h2-4,6-7,10,16H,5,8-9,11-13,19H2,1H3. The van der Waals surface area contributed by atoms with Gasteiger partial charge in [0.15, 0.2) is 0 Å². The summed E-state index contributed by atoms with van der Waals surface area (Å²) in [7, 11) is 0. The predicted molar refractivity (Wildman–Crippen MR) is 92.2 cm³/mol. The maximum atomic E-state index is 12.8. The van der Waals surface area contributed by atoms with Gasteiger partial charge < -0.3 is 15.4 Å². The van der Waals surface area contributed by atoms with Crippen LogP contribution in [0.4, 0.5) is 5.82 Å². The van der Waals surface area contributed by atoms with Gasteiger partial charge >= 0.3 is 0 Å². The van der Waals surface area contributed by atoms with Crippen LogP contribution in [-0.2, 0) is 22.6 Å². The molecule has 0 saturated carbocycles. The van der Waals surface area contributed by atoms with E-state index in [0.717, 1.165) is 30.7 Å². The molecule has 1 aromatic carbocycles. The molecule has 0 radical (unpaired) electrons. The molecule has 1 atom stereocenters. The molecule has 2 heterocycles. The van der Waals surface area contributed by atoms with Crippen molar-refractivity contribution in [2.45, 2.75) is 39.0 Å². The molecule has 24 heavy (non-hydrogen) atoms. The van der Waals surface area contributed by atoms with E-state index in [1.165, 1.54) is 0 Å². The first kappa shape index (κ1) is 16.5. The Labute approximate surface area is 142 Å². The summed E-state index contributed by atoms with van der Waals surface area (Å²) < 4.78 is 7.27. The molecule has 0 spiro atoms. The molecule has 2 aromatic rings. The van der Waals surface area contributed by atoms with Gasteiger partial charge in [0.25, 0.3) is 0 Å². The first-order valence-electron chi connectivity index (χ1n) is 8.35. The van der Waals surface area contributed by atoms with Crippen LogP contribution in [0.25, 0.3) is 0 Å². The molecule has 1 fully saturated rings. The molecule has 0 bridgehead atoms. The summed E-state index contributed by atoms with van der Waals surface area (Å²) in [5.74, 6) is 0.516. The van der Waals surface area contributed by atoms with Crippen LogP contribution in [0.15, 0.2) is 36.4 Å². The number of carbonyl (C=O) groups is 1. The molecule has 1 amide bonds. The molecule has 128 valence electrons. The Morgan fingerprint density at radius 3 is 2.83 bits per heavy atom. The Hall–Kier alpha value is -2.34. The molecule has 3 rings (SSSR count). The van der Waals surface area contributed by atoms with E-state index >= 15 is 0 Å². The third-order valence-corrected chi connectivity index (χ3v) is 4.24. The number of anilines is 1. The Morgan fingerprint density at radius 2 is 2.21 bits per heavy atom. The number of carbonyl (C=O) groups excluding carboxylic acids is 1. The summed E-state index contributed by atoms with van der Waals surface area (Å²) in [5, 5.41) is 4.28. The second-order valence-electron chi connectivity index (χ2n) is 6.26. The van der Waals surface area contributed by atoms with Gasteiger partial charge in [-0.05, 0) is 25.3 Å². The maximum absolute atomic E-state index is 12.8. The number of nitrogens with two attached hydrogens (primary N) is 1. The second-order valence-corrected chi connectivity index (χ2v) is 6.26. The van der Waals surface area contributed by atoms with E-state index in [2.05, 4.69) is 5.10 Å². The quantitative estimate of drug-likeness (QED) is 0.880.